The van der Waals surface area contributed by atoms with Crippen molar-refractivity contribution in [3.05, 3.63) is 24.3 Å². The highest BCUT2D eigenvalue weighted by Gasteiger charge is 2.51. The zero-order valence-electron chi connectivity index (χ0n) is 14.8. The third-order valence-electron chi connectivity index (χ3n) is 4.58. The summed E-state index contributed by atoms with van der Waals surface area (Å²) in [4.78, 5) is 0. The molecule has 1 aromatic rings. The Morgan fingerprint density at radius 1 is 1.09 bits per heavy atom. The van der Waals surface area contributed by atoms with Crippen LogP contribution >= 0.6 is 0 Å². The molecule has 0 spiro atoms. The molecular formula is C18H29BO3. The quantitative estimate of drug-likeness (QED) is 0.591. The molecule has 0 N–H and O–H groups in total. The highest BCUT2D eigenvalue weighted by molar-refractivity contribution is 6.62. The standard InChI is InChI=1S/C18H29BO3/c1-14(2)9-8-12-20-16-11-7-10-15(13-16)19-21-17(3,4)18(5,6)22-19/h7,10-11,13-14H,8-9,12H2,1-6H3. The lowest BCUT2D eigenvalue weighted by Gasteiger charge is -2.32. The van der Waals surface area contributed by atoms with Crippen molar-refractivity contribution in [1.82, 2.24) is 0 Å². The van der Waals surface area contributed by atoms with E-state index < -0.39 is 0 Å². The summed E-state index contributed by atoms with van der Waals surface area (Å²) >= 11 is 0. The Hall–Kier alpha value is -0.995. The molecule has 1 aromatic carbocycles. The second-order valence-corrected chi connectivity index (χ2v) is 7.55. The molecule has 0 unspecified atom stereocenters. The van der Waals surface area contributed by atoms with Gasteiger partial charge >= 0.3 is 7.12 Å². The Kier molecular flexibility index (Phi) is 5.23. The van der Waals surface area contributed by atoms with Crippen LogP contribution < -0.4 is 10.2 Å². The smallest absolute Gasteiger partial charge is 0.494 e. The molecule has 0 atom stereocenters. The minimum Gasteiger partial charge on any atom is -0.494 e. The third-order valence-corrected chi connectivity index (χ3v) is 4.58. The molecule has 0 saturated carbocycles. The number of benzene rings is 1. The van der Waals surface area contributed by atoms with Crippen LogP contribution in [0.5, 0.6) is 5.75 Å². The average molecular weight is 304 g/mol. The second-order valence-electron chi connectivity index (χ2n) is 7.55. The molecule has 1 heterocycles. The average Bonchev–Trinajstić information content (AvgIpc) is 2.64. The topological polar surface area (TPSA) is 27.7 Å². The first-order chi connectivity index (χ1) is 10.2. The van der Waals surface area contributed by atoms with Gasteiger partial charge < -0.3 is 14.0 Å². The molecule has 1 saturated heterocycles. The van der Waals surface area contributed by atoms with Gasteiger partial charge in [-0.15, -0.1) is 0 Å². The van der Waals surface area contributed by atoms with E-state index in [9.17, 15) is 0 Å². The lowest BCUT2D eigenvalue weighted by Crippen LogP contribution is -2.41. The van der Waals surface area contributed by atoms with Gasteiger partial charge in [0.15, 0.2) is 0 Å². The van der Waals surface area contributed by atoms with E-state index in [0.29, 0.717) is 0 Å². The van der Waals surface area contributed by atoms with Crippen molar-refractivity contribution in [3.8, 4) is 5.75 Å². The van der Waals surface area contributed by atoms with E-state index >= 15 is 0 Å². The summed E-state index contributed by atoms with van der Waals surface area (Å²) in [5.74, 6) is 1.61. The fourth-order valence-corrected chi connectivity index (χ4v) is 2.41. The van der Waals surface area contributed by atoms with E-state index in [0.717, 1.165) is 30.2 Å². The zero-order valence-corrected chi connectivity index (χ0v) is 14.8. The monoisotopic (exact) mass is 304 g/mol. The van der Waals surface area contributed by atoms with Gasteiger partial charge in [-0.2, -0.15) is 0 Å². The van der Waals surface area contributed by atoms with Gasteiger partial charge in [-0.1, -0.05) is 26.0 Å². The zero-order chi connectivity index (χ0) is 16.4. The molecule has 1 fully saturated rings. The van der Waals surface area contributed by atoms with E-state index in [1.165, 1.54) is 6.42 Å². The minimum atomic E-state index is -0.329. The van der Waals surface area contributed by atoms with Crippen LogP contribution in [0.2, 0.25) is 0 Å². The molecule has 1 aliphatic heterocycles. The van der Waals surface area contributed by atoms with Crippen molar-refractivity contribution in [2.24, 2.45) is 5.92 Å². The maximum absolute atomic E-state index is 6.08. The predicted octanol–water partition coefficient (Wildman–Crippen LogP) is 3.80. The summed E-state index contributed by atoms with van der Waals surface area (Å²) in [6, 6.07) is 8.04. The predicted molar refractivity (Wildman–Crippen MR) is 91.7 cm³/mol. The lowest BCUT2D eigenvalue weighted by molar-refractivity contribution is 0.00578. The molecule has 0 aliphatic carbocycles. The molecule has 0 bridgehead atoms. The van der Waals surface area contributed by atoms with Gasteiger partial charge in [-0.25, -0.2) is 0 Å². The number of hydrogen-bond acceptors (Lipinski definition) is 3. The van der Waals surface area contributed by atoms with Crippen molar-refractivity contribution in [1.29, 1.82) is 0 Å². The van der Waals surface area contributed by atoms with Crippen LogP contribution in [0.4, 0.5) is 0 Å². The Morgan fingerprint density at radius 2 is 1.73 bits per heavy atom. The Bertz CT molecular complexity index is 481. The van der Waals surface area contributed by atoms with Crippen molar-refractivity contribution in [3.63, 3.8) is 0 Å². The second kappa shape index (κ2) is 6.63. The van der Waals surface area contributed by atoms with Crippen LogP contribution in [0.1, 0.15) is 54.4 Å². The Morgan fingerprint density at radius 3 is 2.32 bits per heavy atom. The Labute approximate surface area is 135 Å². The molecule has 22 heavy (non-hydrogen) atoms. The van der Waals surface area contributed by atoms with Crippen LogP contribution in [0.25, 0.3) is 0 Å². The molecule has 1 aliphatic rings. The van der Waals surface area contributed by atoms with E-state index in [4.69, 9.17) is 14.0 Å². The van der Waals surface area contributed by atoms with Crippen molar-refractivity contribution >= 4 is 12.6 Å². The summed E-state index contributed by atoms with van der Waals surface area (Å²) in [5, 5.41) is 0. The molecule has 2 rings (SSSR count). The van der Waals surface area contributed by atoms with Gasteiger partial charge in [-0.3, -0.25) is 0 Å². The van der Waals surface area contributed by atoms with Crippen LogP contribution in [-0.2, 0) is 9.31 Å². The molecule has 0 radical (unpaired) electrons. The number of hydrogen-bond donors (Lipinski definition) is 0. The van der Waals surface area contributed by atoms with E-state index in [1.54, 1.807) is 0 Å². The highest BCUT2D eigenvalue weighted by atomic mass is 16.7. The Balaban J connectivity index is 1.98. The first-order valence-corrected chi connectivity index (χ1v) is 8.30. The highest BCUT2D eigenvalue weighted by Crippen LogP contribution is 2.36. The maximum atomic E-state index is 6.08. The fourth-order valence-electron chi connectivity index (χ4n) is 2.41. The molecule has 122 valence electrons. The van der Waals surface area contributed by atoms with Crippen molar-refractivity contribution < 1.29 is 14.0 Å². The first kappa shape index (κ1) is 17.4. The van der Waals surface area contributed by atoms with Crippen molar-refractivity contribution in [2.45, 2.75) is 65.6 Å². The summed E-state index contributed by atoms with van der Waals surface area (Å²) < 4.78 is 18.0. The van der Waals surface area contributed by atoms with Gasteiger partial charge in [-0.05, 0) is 64.1 Å². The van der Waals surface area contributed by atoms with Crippen LogP contribution in [0, 0.1) is 5.92 Å². The van der Waals surface area contributed by atoms with E-state index in [-0.39, 0.29) is 18.3 Å². The third kappa shape index (κ3) is 4.05. The van der Waals surface area contributed by atoms with Crippen molar-refractivity contribution in [2.75, 3.05) is 6.61 Å². The minimum absolute atomic E-state index is 0.314. The van der Waals surface area contributed by atoms with Gasteiger partial charge in [0.25, 0.3) is 0 Å². The lowest BCUT2D eigenvalue weighted by atomic mass is 9.79. The SMILES string of the molecule is CC(C)CCCOc1cccc(B2OC(C)(C)C(C)(C)O2)c1. The molecule has 0 aromatic heterocycles. The van der Waals surface area contributed by atoms with Crippen LogP contribution in [0.3, 0.4) is 0 Å². The normalized spacial score (nSPS) is 19.7. The molecule has 0 amide bonds. The largest absolute Gasteiger partial charge is 0.494 e. The van der Waals surface area contributed by atoms with Gasteiger partial charge in [0, 0.05) is 0 Å². The fraction of sp³-hybridized carbons (Fsp3) is 0.667. The maximum Gasteiger partial charge on any atom is 0.494 e. The van der Waals surface area contributed by atoms with Crippen LogP contribution in [-0.4, -0.2) is 24.9 Å². The number of rotatable bonds is 6. The van der Waals surface area contributed by atoms with Gasteiger partial charge in [0.05, 0.1) is 17.8 Å². The summed E-state index contributed by atoms with van der Waals surface area (Å²) in [5.41, 5.74) is 0.387. The number of ether oxygens (including phenoxy) is 1. The van der Waals surface area contributed by atoms with E-state index in [2.05, 4.69) is 41.5 Å². The van der Waals surface area contributed by atoms with Gasteiger partial charge in [0.1, 0.15) is 5.75 Å². The molecule has 3 nitrogen and oxygen atoms in total. The summed E-state index contributed by atoms with van der Waals surface area (Å²) in [7, 11) is -0.329. The summed E-state index contributed by atoms with van der Waals surface area (Å²) in [6.07, 6.45) is 2.27. The first-order valence-electron chi connectivity index (χ1n) is 8.30. The van der Waals surface area contributed by atoms with Crippen LogP contribution in [0.15, 0.2) is 24.3 Å². The molecule has 4 heteroatoms. The van der Waals surface area contributed by atoms with E-state index in [1.807, 2.05) is 24.3 Å². The summed E-state index contributed by atoms with van der Waals surface area (Å²) in [6.45, 7) is 13.5. The molecular weight excluding hydrogens is 275 g/mol. The van der Waals surface area contributed by atoms with Gasteiger partial charge in [0.2, 0.25) is 0 Å².